The van der Waals surface area contributed by atoms with Crippen LogP contribution in [0.15, 0.2) is 24.3 Å². The Morgan fingerprint density at radius 2 is 1.81 bits per heavy atom. The Morgan fingerprint density at radius 3 is 2.48 bits per heavy atom. The summed E-state index contributed by atoms with van der Waals surface area (Å²) in [4.78, 5) is 2.46. The summed E-state index contributed by atoms with van der Waals surface area (Å²) in [5, 5.41) is 3.77. The fraction of sp³-hybridized carbons (Fsp3) is 0.684. The Bertz CT molecular complexity index is 456. The molecule has 2 aliphatic rings. The van der Waals surface area contributed by atoms with E-state index in [4.69, 9.17) is 0 Å². The van der Waals surface area contributed by atoms with Crippen molar-refractivity contribution in [1.29, 1.82) is 0 Å². The third kappa shape index (κ3) is 3.49. The molecule has 0 amide bonds. The molecule has 2 fully saturated rings. The molecule has 2 saturated carbocycles. The fourth-order valence-electron chi connectivity index (χ4n) is 3.91. The molecule has 2 heteroatoms. The van der Waals surface area contributed by atoms with Crippen molar-refractivity contribution in [3.8, 4) is 0 Å². The normalized spacial score (nSPS) is 21.7. The first-order chi connectivity index (χ1) is 10.2. The summed E-state index contributed by atoms with van der Waals surface area (Å²) in [6.45, 7) is 2.15. The van der Waals surface area contributed by atoms with Gasteiger partial charge in [-0.2, -0.15) is 0 Å². The van der Waals surface area contributed by atoms with Crippen LogP contribution in [0.4, 0.5) is 0 Å². The molecule has 1 aromatic rings. The largest absolute Gasteiger partial charge is 0.311 e. The van der Waals surface area contributed by atoms with Crippen molar-refractivity contribution >= 4 is 0 Å². The monoisotopic (exact) mass is 286 g/mol. The van der Waals surface area contributed by atoms with E-state index in [0.717, 1.165) is 19.0 Å². The molecule has 3 rings (SSSR count). The average molecular weight is 286 g/mol. The van der Waals surface area contributed by atoms with E-state index in [9.17, 15) is 0 Å². The van der Waals surface area contributed by atoms with Crippen LogP contribution in [0.25, 0.3) is 0 Å². The first kappa shape index (κ1) is 15.1. The predicted octanol–water partition coefficient (Wildman–Crippen LogP) is 3.92. The first-order valence-electron chi connectivity index (χ1n) is 8.67. The van der Waals surface area contributed by atoms with Crippen molar-refractivity contribution < 1.29 is 0 Å². The lowest BCUT2D eigenvalue weighted by Crippen LogP contribution is -2.52. The molecule has 0 aliphatic heterocycles. The molecule has 0 aromatic heterocycles. The van der Waals surface area contributed by atoms with Gasteiger partial charge in [-0.25, -0.2) is 0 Å². The van der Waals surface area contributed by atoms with Gasteiger partial charge in [-0.1, -0.05) is 43.5 Å². The zero-order valence-electron chi connectivity index (χ0n) is 13.7. The van der Waals surface area contributed by atoms with Gasteiger partial charge in [-0.15, -0.1) is 0 Å². The van der Waals surface area contributed by atoms with Crippen molar-refractivity contribution in [2.45, 2.75) is 62.9 Å². The number of nitrogens with zero attached hydrogens (tertiary/aromatic N) is 1. The molecule has 21 heavy (non-hydrogen) atoms. The molecule has 116 valence electrons. The summed E-state index contributed by atoms with van der Waals surface area (Å²) in [6, 6.07) is 9.02. The van der Waals surface area contributed by atoms with Gasteiger partial charge in [0.1, 0.15) is 0 Å². The molecule has 0 saturated heterocycles. The smallest absolute Gasteiger partial charge is 0.0328 e. The molecule has 0 atom stereocenters. The topological polar surface area (TPSA) is 15.3 Å². The van der Waals surface area contributed by atoms with Gasteiger partial charge < -0.3 is 10.2 Å². The van der Waals surface area contributed by atoms with E-state index in [1.807, 2.05) is 0 Å². The predicted molar refractivity (Wildman–Crippen MR) is 89.6 cm³/mol. The zero-order chi connectivity index (χ0) is 14.7. The van der Waals surface area contributed by atoms with Crippen molar-refractivity contribution in [1.82, 2.24) is 10.2 Å². The quantitative estimate of drug-likeness (QED) is 0.852. The summed E-state index contributed by atoms with van der Waals surface area (Å²) in [7, 11) is 4.51. The highest BCUT2D eigenvalue weighted by molar-refractivity contribution is 5.33. The van der Waals surface area contributed by atoms with E-state index >= 15 is 0 Å². The molecule has 1 aromatic carbocycles. The highest BCUT2D eigenvalue weighted by Crippen LogP contribution is 2.41. The zero-order valence-corrected chi connectivity index (χ0v) is 13.7. The maximum atomic E-state index is 3.77. The maximum Gasteiger partial charge on any atom is 0.0328 e. The van der Waals surface area contributed by atoms with Crippen LogP contribution < -0.4 is 5.32 Å². The van der Waals surface area contributed by atoms with Gasteiger partial charge in [0.05, 0.1) is 0 Å². The Hall–Kier alpha value is -0.860. The number of benzene rings is 1. The first-order valence-corrected chi connectivity index (χ1v) is 8.67. The van der Waals surface area contributed by atoms with Crippen LogP contribution in [0.3, 0.4) is 0 Å². The minimum Gasteiger partial charge on any atom is -0.311 e. The van der Waals surface area contributed by atoms with Crippen LogP contribution in [0, 0.1) is 0 Å². The minimum absolute atomic E-state index is 0.382. The number of hydrogen-bond acceptors (Lipinski definition) is 2. The second kappa shape index (κ2) is 6.50. The SMILES string of the molecule is CN(C)C1(CNCc2ccccc2C2CC2)CCCCC1. The Morgan fingerprint density at radius 1 is 1.10 bits per heavy atom. The third-order valence-corrected chi connectivity index (χ3v) is 5.57. The summed E-state index contributed by atoms with van der Waals surface area (Å²) in [6.07, 6.45) is 9.66. The number of hydrogen-bond donors (Lipinski definition) is 1. The average Bonchev–Trinajstić information content (AvgIpc) is 3.33. The van der Waals surface area contributed by atoms with Crippen LogP contribution >= 0.6 is 0 Å². The highest BCUT2D eigenvalue weighted by atomic mass is 15.2. The fourth-order valence-corrected chi connectivity index (χ4v) is 3.91. The van der Waals surface area contributed by atoms with E-state index < -0.39 is 0 Å². The lowest BCUT2D eigenvalue weighted by atomic mass is 9.80. The van der Waals surface area contributed by atoms with Gasteiger partial charge in [0, 0.05) is 18.6 Å². The standard InChI is InChI=1S/C19H30N2/c1-21(2)19(12-6-3-7-13-19)15-20-14-17-8-4-5-9-18(17)16-10-11-16/h4-5,8-9,16,20H,3,6-7,10-15H2,1-2H3. The molecule has 0 bridgehead atoms. The van der Waals surface area contributed by atoms with Gasteiger partial charge in [0.2, 0.25) is 0 Å². The summed E-state index contributed by atoms with van der Waals surface area (Å²) in [5.74, 6) is 0.848. The minimum atomic E-state index is 0.382. The molecular weight excluding hydrogens is 256 g/mol. The number of likely N-dealkylation sites (N-methyl/N-ethyl adjacent to an activating group) is 1. The second-order valence-corrected chi connectivity index (χ2v) is 7.26. The van der Waals surface area contributed by atoms with Gasteiger partial charge in [-0.05, 0) is 56.8 Å². The van der Waals surface area contributed by atoms with Crippen molar-refractivity contribution in [2.75, 3.05) is 20.6 Å². The van der Waals surface area contributed by atoms with E-state index in [1.165, 1.54) is 50.5 Å². The van der Waals surface area contributed by atoms with Gasteiger partial charge >= 0.3 is 0 Å². The molecule has 1 N–H and O–H groups in total. The second-order valence-electron chi connectivity index (χ2n) is 7.26. The van der Waals surface area contributed by atoms with Crippen molar-refractivity contribution in [3.63, 3.8) is 0 Å². The molecular formula is C19H30N2. The molecule has 2 nitrogen and oxygen atoms in total. The van der Waals surface area contributed by atoms with Gasteiger partial charge in [0.15, 0.2) is 0 Å². The third-order valence-electron chi connectivity index (χ3n) is 5.57. The Kier molecular flexibility index (Phi) is 4.66. The lowest BCUT2D eigenvalue weighted by Gasteiger charge is -2.43. The molecule has 0 unspecified atom stereocenters. The summed E-state index contributed by atoms with van der Waals surface area (Å²) >= 11 is 0. The van der Waals surface area contributed by atoms with Crippen LogP contribution in [0.2, 0.25) is 0 Å². The maximum absolute atomic E-state index is 3.77. The van der Waals surface area contributed by atoms with Gasteiger partial charge in [0.25, 0.3) is 0 Å². The summed E-state index contributed by atoms with van der Waals surface area (Å²) < 4.78 is 0. The van der Waals surface area contributed by atoms with Crippen LogP contribution in [0.5, 0.6) is 0 Å². The molecule has 0 spiro atoms. The van der Waals surface area contributed by atoms with Crippen LogP contribution in [-0.4, -0.2) is 31.1 Å². The molecule has 2 aliphatic carbocycles. The van der Waals surface area contributed by atoms with E-state index in [-0.39, 0.29) is 0 Å². The van der Waals surface area contributed by atoms with E-state index in [2.05, 4.69) is 48.6 Å². The van der Waals surface area contributed by atoms with Crippen LogP contribution in [-0.2, 0) is 6.54 Å². The van der Waals surface area contributed by atoms with E-state index in [0.29, 0.717) is 5.54 Å². The number of nitrogens with one attached hydrogen (secondary N) is 1. The molecule has 0 heterocycles. The van der Waals surface area contributed by atoms with E-state index in [1.54, 1.807) is 5.56 Å². The lowest BCUT2D eigenvalue weighted by molar-refractivity contribution is 0.0983. The van der Waals surface area contributed by atoms with Crippen molar-refractivity contribution in [2.24, 2.45) is 0 Å². The van der Waals surface area contributed by atoms with Crippen LogP contribution in [0.1, 0.15) is 62.0 Å². The Labute approximate surface area is 129 Å². The summed E-state index contributed by atoms with van der Waals surface area (Å²) in [5.41, 5.74) is 3.49. The molecule has 0 radical (unpaired) electrons. The number of rotatable bonds is 6. The Balaban J connectivity index is 1.60. The highest BCUT2D eigenvalue weighted by Gasteiger charge is 2.33. The van der Waals surface area contributed by atoms with Gasteiger partial charge in [-0.3, -0.25) is 0 Å². The van der Waals surface area contributed by atoms with Crippen molar-refractivity contribution in [3.05, 3.63) is 35.4 Å².